The van der Waals surface area contributed by atoms with E-state index in [1.165, 1.54) is 6.92 Å². The maximum atomic E-state index is 12.2. The first-order valence-electron chi connectivity index (χ1n) is 5.75. The standard InChI is InChI=1S/C15H10Br2O2S/c1-9(18)13-7-6-12(17)8-14(13)20-15(19)10-2-4-11(16)5-3-10/h2-8H,1H3. The highest BCUT2D eigenvalue weighted by atomic mass is 79.9. The fraction of sp³-hybridized carbons (Fsp3) is 0.0667. The molecule has 0 N–H and O–H groups in total. The number of halogens is 2. The first kappa shape index (κ1) is 15.5. The van der Waals surface area contributed by atoms with Gasteiger partial charge in [0.1, 0.15) is 0 Å². The summed E-state index contributed by atoms with van der Waals surface area (Å²) in [6.45, 7) is 1.50. The number of carbonyl (C=O) groups is 2. The smallest absolute Gasteiger partial charge is 0.224 e. The molecule has 2 aromatic carbocycles. The molecule has 0 amide bonds. The van der Waals surface area contributed by atoms with Crippen LogP contribution in [0.25, 0.3) is 0 Å². The number of hydrogen-bond donors (Lipinski definition) is 0. The number of thioether (sulfide) groups is 1. The van der Waals surface area contributed by atoms with Gasteiger partial charge >= 0.3 is 0 Å². The van der Waals surface area contributed by atoms with Crippen molar-refractivity contribution in [3.05, 3.63) is 62.5 Å². The summed E-state index contributed by atoms with van der Waals surface area (Å²) in [4.78, 5) is 24.5. The minimum atomic E-state index is -0.0851. The van der Waals surface area contributed by atoms with Gasteiger partial charge < -0.3 is 0 Å². The summed E-state index contributed by atoms with van der Waals surface area (Å²) >= 11 is 7.76. The minimum absolute atomic E-state index is 0.0522. The van der Waals surface area contributed by atoms with Crippen LogP contribution < -0.4 is 0 Å². The van der Waals surface area contributed by atoms with Gasteiger partial charge in [-0.15, -0.1) is 0 Å². The zero-order chi connectivity index (χ0) is 14.7. The molecule has 2 nitrogen and oxygen atoms in total. The Morgan fingerprint density at radius 1 is 0.950 bits per heavy atom. The average molecular weight is 414 g/mol. The van der Waals surface area contributed by atoms with E-state index in [2.05, 4.69) is 31.9 Å². The molecule has 5 heteroatoms. The van der Waals surface area contributed by atoms with Crippen molar-refractivity contribution in [2.75, 3.05) is 0 Å². The van der Waals surface area contributed by atoms with Gasteiger partial charge in [0.25, 0.3) is 0 Å². The van der Waals surface area contributed by atoms with E-state index >= 15 is 0 Å². The van der Waals surface area contributed by atoms with Crippen LogP contribution in [-0.4, -0.2) is 10.9 Å². The topological polar surface area (TPSA) is 34.1 Å². The summed E-state index contributed by atoms with van der Waals surface area (Å²) in [5.41, 5.74) is 1.16. The van der Waals surface area contributed by atoms with E-state index in [1.54, 1.807) is 30.3 Å². The number of Topliss-reactive ketones (excluding diaryl/α,β-unsaturated/α-hetero) is 1. The van der Waals surface area contributed by atoms with Crippen molar-refractivity contribution < 1.29 is 9.59 Å². The van der Waals surface area contributed by atoms with Crippen molar-refractivity contribution in [3.8, 4) is 0 Å². The fourth-order valence-corrected chi connectivity index (χ4v) is 3.35. The second kappa shape index (κ2) is 6.70. The number of carbonyl (C=O) groups excluding carboxylic acids is 2. The number of rotatable bonds is 3. The van der Waals surface area contributed by atoms with Crippen LogP contribution in [-0.2, 0) is 0 Å². The molecule has 20 heavy (non-hydrogen) atoms. The lowest BCUT2D eigenvalue weighted by molar-refractivity contribution is 0.101. The second-order valence-electron chi connectivity index (χ2n) is 4.09. The predicted octanol–water partition coefficient (Wildman–Crippen LogP) is 5.35. The van der Waals surface area contributed by atoms with Crippen molar-refractivity contribution in [1.29, 1.82) is 0 Å². The zero-order valence-electron chi connectivity index (χ0n) is 10.5. The molecule has 0 aliphatic heterocycles. The Morgan fingerprint density at radius 3 is 2.15 bits per heavy atom. The minimum Gasteiger partial charge on any atom is -0.294 e. The lowest BCUT2D eigenvalue weighted by atomic mass is 10.1. The molecular formula is C15H10Br2O2S. The monoisotopic (exact) mass is 412 g/mol. The second-order valence-corrected chi connectivity index (χ2v) is 6.94. The quantitative estimate of drug-likeness (QED) is 0.502. The first-order chi connectivity index (χ1) is 9.47. The van der Waals surface area contributed by atoms with Gasteiger partial charge in [-0.3, -0.25) is 9.59 Å². The Hall–Kier alpha value is -0.910. The average Bonchev–Trinajstić information content (AvgIpc) is 2.39. The molecule has 102 valence electrons. The molecule has 0 heterocycles. The summed E-state index contributed by atoms with van der Waals surface area (Å²) in [6, 6.07) is 12.5. The molecular weight excluding hydrogens is 404 g/mol. The normalized spacial score (nSPS) is 10.3. The van der Waals surface area contributed by atoms with Crippen LogP contribution in [0.5, 0.6) is 0 Å². The molecule has 0 aliphatic rings. The Kier molecular flexibility index (Phi) is 5.18. The van der Waals surface area contributed by atoms with Gasteiger partial charge in [0.2, 0.25) is 5.12 Å². The molecule has 0 unspecified atom stereocenters. The van der Waals surface area contributed by atoms with Crippen molar-refractivity contribution in [2.45, 2.75) is 11.8 Å². The predicted molar refractivity (Wildman–Crippen MR) is 88.5 cm³/mol. The SMILES string of the molecule is CC(=O)c1ccc(Br)cc1SC(=O)c1ccc(Br)cc1. The molecule has 0 spiro atoms. The van der Waals surface area contributed by atoms with Crippen molar-refractivity contribution in [1.82, 2.24) is 0 Å². The van der Waals surface area contributed by atoms with E-state index in [4.69, 9.17) is 0 Å². The molecule has 0 aliphatic carbocycles. The van der Waals surface area contributed by atoms with Gasteiger partial charge in [-0.25, -0.2) is 0 Å². The Bertz CT molecular complexity index is 666. The third kappa shape index (κ3) is 3.81. The van der Waals surface area contributed by atoms with Crippen LogP contribution in [0, 0.1) is 0 Å². The van der Waals surface area contributed by atoms with Crippen molar-refractivity contribution in [2.24, 2.45) is 0 Å². The molecule has 0 radical (unpaired) electrons. The summed E-state index contributed by atoms with van der Waals surface area (Å²) < 4.78 is 1.76. The van der Waals surface area contributed by atoms with Crippen LogP contribution in [0.4, 0.5) is 0 Å². The number of ketones is 1. The van der Waals surface area contributed by atoms with E-state index in [0.29, 0.717) is 16.0 Å². The van der Waals surface area contributed by atoms with Gasteiger partial charge in [0.05, 0.1) is 0 Å². The molecule has 2 rings (SSSR count). The fourth-order valence-electron chi connectivity index (χ4n) is 1.62. The molecule has 0 atom stereocenters. The van der Waals surface area contributed by atoms with E-state index in [9.17, 15) is 9.59 Å². The third-order valence-electron chi connectivity index (χ3n) is 2.61. The van der Waals surface area contributed by atoms with E-state index in [-0.39, 0.29) is 10.9 Å². The van der Waals surface area contributed by atoms with Gasteiger partial charge in [0, 0.05) is 25.0 Å². The van der Waals surface area contributed by atoms with E-state index in [1.807, 2.05) is 12.1 Å². The molecule has 0 bridgehead atoms. The van der Waals surface area contributed by atoms with Gasteiger partial charge in [-0.2, -0.15) is 0 Å². The molecule has 2 aromatic rings. The summed E-state index contributed by atoms with van der Waals surface area (Å²) in [6.07, 6.45) is 0. The van der Waals surface area contributed by atoms with Crippen LogP contribution in [0.3, 0.4) is 0 Å². The summed E-state index contributed by atoms with van der Waals surface area (Å²) in [5, 5.41) is -0.0851. The van der Waals surface area contributed by atoms with E-state index < -0.39 is 0 Å². The Labute approximate surface area is 138 Å². The molecule has 0 saturated heterocycles. The number of hydrogen-bond acceptors (Lipinski definition) is 3. The number of benzene rings is 2. The van der Waals surface area contributed by atoms with Gasteiger partial charge in [-0.05, 0) is 61.2 Å². The van der Waals surface area contributed by atoms with Crippen molar-refractivity contribution in [3.63, 3.8) is 0 Å². The summed E-state index contributed by atoms with van der Waals surface area (Å²) in [7, 11) is 0. The molecule has 0 aromatic heterocycles. The molecule has 0 fully saturated rings. The lowest BCUT2D eigenvalue weighted by Crippen LogP contribution is -1.99. The van der Waals surface area contributed by atoms with Crippen molar-refractivity contribution >= 4 is 54.5 Å². The maximum absolute atomic E-state index is 12.2. The van der Waals surface area contributed by atoms with Crippen LogP contribution in [0.2, 0.25) is 0 Å². The van der Waals surface area contributed by atoms with Gasteiger partial charge in [-0.1, -0.05) is 31.9 Å². The highest BCUT2D eigenvalue weighted by molar-refractivity contribution is 9.10. The Morgan fingerprint density at radius 2 is 1.55 bits per heavy atom. The molecule has 0 saturated carbocycles. The highest BCUT2D eigenvalue weighted by Gasteiger charge is 2.14. The summed E-state index contributed by atoms with van der Waals surface area (Å²) in [5.74, 6) is -0.0522. The van der Waals surface area contributed by atoms with Gasteiger partial charge in [0.15, 0.2) is 5.78 Å². The van der Waals surface area contributed by atoms with Crippen LogP contribution in [0.15, 0.2) is 56.3 Å². The lowest BCUT2D eigenvalue weighted by Gasteiger charge is -2.06. The first-order valence-corrected chi connectivity index (χ1v) is 8.16. The van der Waals surface area contributed by atoms with E-state index in [0.717, 1.165) is 20.7 Å². The van der Waals surface area contributed by atoms with Crippen LogP contribution >= 0.6 is 43.6 Å². The maximum Gasteiger partial charge on any atom is 0.224 e. The Balaban J connectivity index is 2.29. The largest absolute Gasteiger partial charge is 0.294 e. The zero-order valence-corrected chi connectivity index (χ0v) is 14.5. The highest BCUT2D eigenvalue weighted by Crippen LogP contribution is 2.30. The third-order valence-corrected chi connectivity index (χ3v) is 4.61. The van der Waals surface area contributed by atoms with Crippen LogP contribution in [0.1, 0.15) is 27.6 Å².